The van der Waals surface area contributed by atoms with E-state index in [1.165, 1.54) is 22.8 Å². The van der Waals surface area contributed by atoms with Crippen molar-refractivity contribution in [1.82, 2.24) is 0 Å². The third-order valence-electron chi connectivity index (χ3n) is 1.41. The summed E-state index contributed by atoms with van der Waals surface area (Å²) in [4.78, 5) is 2.09. The fraction of sp³-hybridized carbons (Fsp3) is 0.500. The molecule has 0 radical (unpaired) electrons. The van der Waals surface area contributed by atoms with E-state index in [1.54, 1.807) is 0 Å². The fourth-order valence-electron chi connectivity index (χ4n) is 0.772. The maximum absolute atomic E-state index is 2.67. The Morgan fingerprint density at radius 2 is 1.05 bits per heavy atom. The van der Waals surface area contributed by atoms with Crippen molar-refractivity contribution in [2.24, 2.45) is 0 Å². The van der Waals surface area contributed by atoms with E-state index in [4.69, 9.17) is 0 Å². The molecule has 3 heteroatoms. The molecule has 0 aliphatic heterocycles. The zero-order chi connectivity index (χ0) is 14.7. The summed E-state index contributed by atoms with van der Waals surface area (Å²) in [5.41, 5.74) is 1.24. The van der Waals surface area contributed by atoms with Crippen molar-refractivity contribution in [2.45, 2.75) is 41.5 Å². The van der Waals surface area contributed by atoms with E-state index in [1.807, 2.05) is 14.1 Å². The summed E-state index contributed by atoms with van der Waals surface area (Å²) < 4.78 is 0. The molecule has 0 aliphatic rings. The average Bonchev–Trinajstić information content (AvgIpc) is 2.16. The van der Waals surface area contributed by atoms with Crippen LogP contribution in [-0.4, -0.2) is 14.1 Å². The third kappa shape index (κ3) is 23.6. The molecule has 0 aromatic heterocycles. The second kappa shape index (κ2) is 14.5. The molecule has 0 N–H and O–H groups in total. The van der Waals surface area contributed by atoms with Crippen molar-refractivity contribution in [3.8, 4) is 0 Å². The van der Waals surface area contributed by atoms with Crippen LogP contribution in [0.4, 0.5) is 5.69 Å². The van der Waals surface area contributed by atoms with Crippen molar-refractivity contribution in [1.29, 1.82) is 0 Å². The van der Waals surface area contributed by atoms with E-state index in [0.29, 0.717) is 0 Å². The Morgan fingerprint density at radius 3 is 1.26 bits per heavy atom. The summed E-state index contributed by atoms with van der Waals surface area (Å²) in [5, 5.41) is 1.23. The molecule has 1 atom stereocenters. The van der Waals surface area contributed by atoms with Crippen LogP contribution >= 0.6 is 9.24 Å². The average molecular weight is 374 g/mol. The van der Waals surface area contributed by atoms with Crippen LogP contribution in [0.1, 0.15) is 41.5 Å². The maximum Gasteiger partial charge on any atom is 0.0361 e. The van der Waals surface area contributed by atoms with Crippen LogP contribution < -0.4 is 10.2 Å². The van der Waals surface area contributed by atoms with Gasteiger partial charge in [-0.2, -0.15) is 41.5 Å². The fourth-order valence-corrected chi connectivity index (χ4v) is 0.965. The van der Waals surface area contributed by atoms with Crippen molar-refractivity contribution in [3.63, 3.8) is 0 Å². The van der Waals surface area contributed by atoms with E-state index in [0.717, 1.165) is 0 Å². The van der Waals surface area contributed by atoms with Gasteiger partial charge in [0.25, 0.3) is 0 Å². The minimum absolute atomic E-state index is 0. The van der Waals surface area contributed by atoms with Crippen LogP contribution in [0.2, 0.25) is 0 Å². The van der Waals surface area contributed by atoms with Crippen molar-refractivity contribution in [2.75, 3.05) is 19.0 Å². The van der Waals surface area contributed by atoms with E-state index in [9.17, 15) is 0 Å². The largest absolute Gasteiger partial charge is 0.378 e. The van der Waals surface area contributed by atoms with Gasteiger partial charge in [0.15, 0.2) is 0 Å². The molecule has 0 amide bonds. The summed E-state index contributed by atoms with van der Waals surface area (Å²) in [6.45, 7) is 12.5. The zero-order valence-electron chi connectivity index (χ0n) is 13.7. The van der Waals surface area contributed by atoms with E-state index in [-0.39, 0.29) is 20.4 Å². The van der Waals surface area contributed by atoms with Gasteiger partial charge in [-0.1, -0.05) is 12.1 Å². The van der Waals surface area contributed by atoms with Gasteiger partial charge in [0.05, 0.1) is 0 Å². The Balaban J connectivity index is -0.000000242. The SMILES string of the molecule is CN(C)c1ccc(P)cc1.C[C-](C)C.C[C-](C)C.[Pd]. The Hall–Kier alpha value is 0.112. The van der Waals surface area contributed by atoms with Crippen LogP contribution in [0.15, 0.2) is 24.3 Å². The quantitative estimate of drug-likeness (QED) is 0.398. The van der Waals surface area contributed by atoms with Crippen LogP contribution in [0.3, 0.4) is 0 Å². The summed E-state index contributed by atoms with van der Waals surface area (Å²) in [7, 11) is 6.74. The Kier molecular flexibility index (Phi) is 18.5. The maximum atomic E-state index is 2.67. The van der Waals surface area contributed by atoms with Gasteiger partial charge in [0, 0.05) is 40.2 Å². The Morgan fingerprint density at radius 1 is 0.789 bits per heavy atom. The molecule has 116 valence electrons. The number of rotatable bonds is 1. The molecular formula is C16H30NPPd-2. The van der Waals surface area contributed by atoms with Crippen molar-refractivity contribution < 1.29 is 20.4 Å². The van der Waals surface area contributed by atoms with Gasteiger partial charge in [0.1, 0.15) is 0 Å². The summed E-state index contributed by atoms with van der Waals surface area (Å²) in [5.74, 6) is 2.83. The Labute approximate surface area is 137 Å². The van der Waals surface area contributed by atoms with Gasteiger partial charge in [-0.3, -0.25) is 0 Å². The molecule has 1 nitrogen and oxygen atoms in total. The molecule has 19 heavy (non-hydrogen) atoms. The van der Waals surface area contributed by atoms with Crippen molar-refractivity contribution in [3.05, 3.63) is 36.1 Å². The van der Waals surface area contributed by atoms with Crippen LogP contribution in [0.5, 0.6) is 0 Å². The molecule has 0 heterocycles. The molecule has 0 saturated carbocycles. The predicted octanol–water partition coefficient (Wildman–Crippen LogP) is 4.49. The van der Waals surface area contributed by atoms with Gasteiger partial charge in [-0.25, -0.2) is 0 Å². The molecule has 0 fully saturated rings. The zero-order valence-corrected chi connectivity index (χ0v) is 16.4. The number of nitrogens with zero attached hydrogens (tertiary/aromatic N) is 1. The minimum Gasteiger partial charge on any atom is -0.378 e. The second-order valence-electron chi connectivity index (χ2n) is 5.49. The first-order valence-electron chi connectivity index (χ1n) is 6.23. The van der Waals surface area contributed by atoms with Crippen LogP contribution in [-0.2, 0) is 20.4 Å². The minimum atomic E-state index is 0. The molecule has 1 aromatic carbocycles. The smallest absolute Gasteiger partial charge is 0.0361 e. The van der Waals surface area contributed by atoms with Crippen molar-refractivity contribution >= 4 is 20.2 Å². The summed E-state index contributed by atoms with van der Waals surface area (Å²) >= 11 is 0. The topological polar surface area (TPSA) is 3.24 Å². The van der Waals surface area contributed by atoms with Gasteiger partial charge < -0.3 is 16.7 Å². The van der Waals surface area contributed by atoms with E-state index in [2.05, 4.69) is 79.9 Å². The van der Waals surface area contributed by atoms with E-state index < -0.39 is 0 Å². The second-order valence-corrected chi connectivity index (χ2v) is 6.15. The van der Waals surface area contributed by atoms with Crippen LogP contribution in [0.25, 0.3) is 0 Å². The monoisotopic (exact) mass is 373 g/mol. The molecule has 0 saturated heterocycles. The molecule has 0 bridgehead atoms. The van der Waals surface area contributed by atoms with Gasteiger partial charge >= 0.3 is 0 Å². The first-order chi connectivity index (χ1) is 8.16. The first kappa shape index (κ1) is 24.2. The molecule has 0 aliphatic carbocycles. The van der Waals surface area contributed by atoms with E-state index >= 15 is 0 Å². The molecule has 1 aromatic rings. The van der Waals surface area contributed by atoms with Gasteiger partial charge in [-0.15, -0.1) is 9.24 Å². The first-order valence-corrected chi connectivity index (χ1v) is 6.81. The van der Waals surface area contributed by atoms with Gasteiger partial charge in [-0.05, 0) is 17.4 Å². The summed E-state index contributed by atoms with van der Waals surface area (Å²) in [6, 6.07) is 8.37. The van der Waals surface area contributed by atoms with Gasteiger partial charge in [0.2, 0.25) is 0 Å². The molecular weight excluding hydrogens is 344 g/mol. The molecule has 1 rings (SSSR count). The number of anilines is 1. The number of hydrogen-bond acceptors (Lipinski definition) is 1. The molecule has 0 spiro atoms. The van der Waals surface area contributed by atoms with Crippen LogP contribution in [0, 0.1) is 11.8 Å². The molecule has 1 unspecified atom stereocenters. The summed E-state index contributed by atoms with van der Waals surface area (Å²) in [6.07, 6.45) is 0. The standard InChI is InChI=1S/C8H12NP.2C4H9.Pd/c1-9(2)7-3-5-8(10)6-4-7;2*1-4(2)3;/h3-6H,10H2,1-2H3;2*1-3H3;/q;2*-1;. The Bertz CT molecular complexity index is 270. The third-order valence-corrected chi connectivity index (χ3v) is 1.79. The number of benzene rings is 1. The number of hydrogen-bond donors (Lipinski definition) is 0. The predicted molar refractivity (Wildman–Crippen MR) is 90.6 cm³/mol. The normalized spacial score (nSPS) is 8.79.